The van der Waals surface area contributed by atoms with Gasteiger partial charge in [-0.1, -0.05) is 38.5 Å². The molecule has 2 aliphatic rings. The van der Waals surface area contributed by atoms with Crippen LogP contribution in [0.3, 0.4) is 0 Å². The van der Waals surface area contributed by atoms with Crippen LogP contribution in [0.4, 0.5) is 5.82 Å². The summed E-state index contributed by atoms with van der Waals surface area (Å²) in [5, 5.41) is 5.62. The molecule has 31 heavy (non-hydrogen) atoms. The fourth-order valence-electron chi connectivity index (χ4n) is 4.36. The molecule has 162 valence electrons. The third-order valence-corrected chi connectivity index (χ3v) is 6.82. The number of fused-ring (bicyclic) bond motifs is 1. The second-order valence-corrected chi connectivity index (χ2v) is 8.78. The van der Waals surface area contributed by atoms with Crippen LogP contribution in [0.2, 0.25) is 0 Å². The Morgan fingerprint density at radius 1 is 1.10 bits per heavy atom. The fourth-order valence-corrected chi connectivity index (χ4v) is 4.36. The van der Waals surface area contributed by atoms with Crippen LogP contribution in [0.5, 0.6) is 0 Å². The molecule has 1 amide bonds. The standard InChI is InChI=1S/C24H30N6O/c1-3-17(2)21-26-22(28-12-14-29(15-13-28)24(31)18-8-7-9-18)20-16-25-30(23(20)27-21)19-10-5-4-6-11-19/h4-6,10-11,16-18H,3,7-9,12-15H2,1-2H3/t17-/m1/s1. The molecule has 7 heteroatoms. The summed E-state index contributed by atoms with van der Waals surface area (Å²) in [4.78, 5) is 26.9. The second-order valence-electron chi connectivity index (χ2n) is 8.78. The maximum Gasteiger partial charge on any atom is 0.225 e. The lowest BCUT2D eigenvalue weighted by molar-refractivity contribution is -0.138. The molecule has 1 atom stereocenters. The highest BCUT2D eigenvalue weighted by Crippen LogP contribution is 2.31. The maximum absolute atomic E-state index is 12.6. The number of anilines is 1. The van der Waals surface area contributed by atoms with Crippen LogP contribution in [-0.2, 0) is 4.79 Å². The molecule has 1 saturated heterocycles. The Morgan fingerprint density at radius 3 is 2.48 bits per heavy atom. The minimum atomic E-state index is 0.262. The van der Waals surface area contributed by atoms with Crippen molar-refractivity contribution in [2.45, 2.75) is 45.4 Å². The van der Waals surface area contributed by atoms with Gasteiger partial charge in [0.05, 0.1) is 17.3 Å². The first kappa shape index (κ1) is 20.0. The van der Waals surface area contributed by atoms with Crippen molar-refractivity contribution < 1.29 is 4.79 Å². The summed E-state index contributed by atoms with van der Waals surface area (Å²) in [5.74, 6) is 2.67. The zero-order valence-electron chi connectivity index (χ0n) is 18.4. The Bertz CT molecular complexity index is 1070. The van der Waals surface area contributed by atoms with Crippen LogP contribution >= 0.6 is 0 Å². The lowest BCUT2D eigenvalue weighted by Gasteiger charge is -2.38. The van der Waals surface area contributed by atoms with E-state index in [1.807, 2.05) is 46.1 Å². The number of aromatic nitrogens is 4. The van der Waals surface area contributed by atoms with Gasteiger partial charge >= 0.3 is 0 Å². The van der Waals surface area contributed by atoms with E-state index >= 15 is 0 Å². The van der Waals surface area contributed by atoms with E-state index in [0.29, 0.717) is 5.91 Å². The van der Waals surface area contributed by atoms with Crippen molar-refractivity contribution in [3.8, 4) is 5.69 Å². The highest BCUT2D eigenvalue weighted by atomic mass is 16.2. The van der Waals surface area contributed by atoms with E-state index in [1.165, 1.54) is 6.42 Å². The molecular weight excluding hydrogens is 388 g/mol. The normalized spacial score (nSPS) is 18.3. The molecule has 3 heterocycles. The van der Waals surface area contributed by atoms with Gasteiger partial charge in [-0.25, -0.2) is 14.6 Å². The first-order chi connectivity index (χ1) is 15.2. The second kappa shape index (κ2) is 8.29. The van der Waals surface area contributed by atoms with Gasteiger partial charge in [-0.05, 0) is 31.4 Å². The van der Waals surface area contributed by atoms with E-state index < -0.39 is 0 Å². The first-order valence-corrected chi connectivity index (χ1v) is 11.5. The van der Waals surface area contributed by atoms with Gasteiger partial charge in [0.25, 0.3) is 0 Å². The van der Waals surface area contributed by atoms with Crippen molar-refractivity contribution in [2.24, 2.45) is 5.92 Å². The molecule has 5 rings (SSSR count). The number of carbonyl (C=O) groups excluding carboxylic acids is 1. The van der Waals surface area contributed by atoms with Crippen molar-refractivity contribution in [1.29, 1.82) is 0 Å². The predicted octanol–water partition coefficient (Wildman–Crippen LogP) is 3.78. The average molecular weight is 419 g/mol. The molecule has 2 fully saturated rings. The van der Waals surface area contributed by atoms with Crippen LogP contribution < -0.4 is 4.90 Å². The van der Waals surface area contributed by atoms with Gasteiger partial charge < -0.3 is 9.80 Å². The van der Waals surface area contributed by atoms with Crippen LogP contribution in [-0.4, -0.2) is 56.7 Å². The van der Waals surface area contributed by atoms with Crippen molar-refractivity contribution in [3.63, 3.8) is 0 Å². The SMILES string of the molecule is CC[C@@H](C)c1nc(N2CCN(C(=O)C3CCC3)CC2)c2cnn(-c3ccccc3)c2n1. The largest absolute Gasteiger partial charge is 0.352 e. The van der Waals surface area contributed by atoms with Crippen molar-refractivity contribution in [1.82, 2.24) is 24.6 Å². The van der Waals surface area contributed by atoms with E-state index in [0.717, 1.165) is 73.8 Å². The van der Waals surface area contributed by atoms with E-state index in [2.05, 4.69) is 23.8 Å². The molecular formula is C24H30N6O. The molecule has 0 spiro atoms. The number of rotatable bonds is 5. The van der Waals surface area contributed by atoms with Crippen LogP contribution in [0, 0.1) is 5.92 Å². The van der Waals surface area contributed by atoms with Crippen LogP contribution in [0.15, 0.2) is 36.5 Å². The van der Waals surface area contributed by atoms with E-state index in [4.69, 9.17) is 9.97 Å². The van der Waals surface area contributed by atoms with Gasteiger partial charge in [0.15, 0.2) is 5.65 Å². The number of hydrogen-bond acceptors (Lipinski definition) is 5. The molecule has 0 bridgehead atoms. The molecule has 7 nitrogen and oxygen atoms in total. The Labute approximate surface area is 183 Å². The van der Waals surface area contributed by atoms with Gasteiger partial charge in [0.2, 0.25) is 5.91 Å². The number of nitrogens with zero attached hydrogens (tertiary/aromatic N) is 6. The molecule has 3 aromatic rings. The van der Waals surface area contributed by atoms with Crippen LogP contribution in [0.25, 0.3) is 16.7 Å². The Hall–Kier alpha value is -2.96. The van der Waals surface area contributed by atoms with E-state index in [9.17, 15) is 4.79 Å². The third kappa shape index (κ3) is 3.66. The zero-order valence-corrected chi connectivity index (χ0v) is 18.4. The van der Waals surface area contributed by atoms with Crippen LogP contribution in [0.1, 0.15) is 51.3 Å². The average Bonchev–Trinajstić information content (AvgIpc) is 3.21. The van der Waals surface area contributed by atoms with Crippen molar-refractivity contribution in [2.75, 3.05) is 31.1 Å². The van der Waals surface area contributed by atoms with Crippen molar-refractivity contribution in [3.05, 3.63) is 42.4 Å². The number of piperazine rings is 1. The molecule has 1 aliphatic carbocycles. The smallest absolute Gasteiger partial charge is 0.225 e. The summed E-state index contributed by atoms with van der Waals surface area (Å²) in [6, 6.07) is 10.1. The highest BCUT2D eigenvalue weighted by Gasteiger charge is 2.32. The number of benzene rings is 1. The maximum atomic E-state index is 12.6. The van der Waals surface area contributed by atoms with Crippen molar-refractivity contribution >= 4 is 22.8 Å². The number of carbonyl (C=O) groups is 1. The fraction of sp³-hybridized carbons (Fsp3) is 0.500. The Morgan fingerprint density at radius 2 is 1.84 bits per heavy atom. The molecule has 0 N–H and O–H groups in total. The summed E-state index contributed by atoms with van der Waals surface area (Å²) in [6.45, 7) is 7.43. The van der Waals surface area contributed by atoms with Gasteiger partial charge in [0, 0.05) is 38.0 Å². The van der Waals surface area contributed by atoms with Gasteiger partial charge in [-0.2, -0.15) is 5.10 Å². The quantitative estimate of drug-likeness (QED) is 0.631. The molecule has 2 aromatic heterocycles. The highest BCUT2D eigenvalue weighted by molar-refractivity contribution is 5.88. The minimum absolute atomic E-state index is 0.262. The summed E-state index contributed by atoms with van der Waals surface area (Å²) in [6.07, 6.45) is 6.17. The Kier molecular flexibility index (Phi) is 5.34. The lowest BCUT2D eigenvalue weighted by Crippen LogP contribution is -2.51. The monoisotopic (exact) mass is 418 g/mol. The van der Waals surface area contributed by atoms with Gasteiger partial charge in [-0.3, -0.25) is 4.79 Å². The molecule has 1 aromatic carbocycles. The molecule has 1 saturated carbocycles. The predicted molar refractivity (Wildman–Crippen MR) is 122 cm³/mol. The summed E-state index contributed by atoms with van der Waals surface area (Å²) in [5.41, 5.74) is 1.84. The number of para-hydroxylation sites is 1. The Balaban J connectivity index is 1.48. The minimum Gasteiger partial charge on any atom is -0.352 e. The van der Waals surface area contributed by atoms with Gasteiger partial charge in [-0.15, -0.1) is 0 Å². The van der Waals surface area contributed by atoms with E-state index in [1.54, 1.807) is 0 Å². The van der Waals surface area contributed by atoms with Gasteiger partial charge in [0.1, 0.15) is 11.6 Å². The summed E-state index contributed by atoms with van der Waals surface area (Å²) < 4.78 is 1.91. The summed E-state index contributed by atoms with van der Waals surface area (Å²) in [7, 11) is 0. The number of amides is 1. The molecule has 0 unspecified atom stereocenters. The molecule has 1 aliphatic heterocycles. The zero-order chi connectivity index (χ0) is 21.4. The van der Waals surface area contributed by atoms with E-state index in [-0.39, 0.29) is 11.8 Å². The first-order valence-electron chi connectivity index (χ1n) is 11.5. The summed E-state index contributed by atoms with van der Waals surface area (Å²) >= 11 is 0. The number of hydrogen-bond donors (Lipinski definition) is 0. The topological polar surface area (TPSA) is 67.2 Å². The molecule has 0 radical (unpaired) electrons. The lowest BCUT2D eigenvalue weighted by atomic mass is 9.84. The third-order valence-electron chi connectivity index (χ3n) is 6.82.